The van der Waals surface area contributed by atoms with Gasteiger partial charge in [-0.15, -0.1) is 0 Å². The lowest BCUT2D eigenvalue weighted by atomic mass is 9.85. The summed E-state index contributed by atoms with van der Waals surface area (Å²) in [6.07, 6.45) is 4.18. The Bertz CT molecular complexity index is 491. The largest absolute Gasteiger partial charge is 0.396 e. The minimum absolute atomic E-state index is 0.0729. The number of urea groups is 1. The van der Waals surface area contributed by atoms with Gasteiger partial charge in [-0.25, -0.2) is 4.79 Å². The number of hydrogen-bond acceptors (Lipinski definition) is 3. The van der Waals surface area contributed by atoms with Crippen LogP contribution in [0.5, 0.6) is 0 Å². The Morgan fingerprint density at radius 2 is 2.09 bits per heavy atom. The molecule has 2 unspecified atom stereocenters. The number of nitrogens with one attached hydrogen (secondary N) is 2. The molecule has 2 rings (SSSR count). The Kier molecular flexibility index (Phi) is 6.21. The van der Waals surface area contributed by atoms with Crippen LogP contribution in [0.15, 0.2) is 24.3 Å². The van der Waals surface area contributed by atoms with E-state index < -0.39 is 0 Å². The smallest absolute Gasteiger partial charge is 0.319 e. The monoisotopic (exact) mass is 305 g/mol. The van der Waals surface area contributed by atoms with Crippen LogP contribution < -0.4 is 10.6 Å². The zero-order chi connectivity index (χ0) is 15.9. The molecule has 0 heterocycles. The molecular formula is C17H27N3O2. The molecule has 1 aromatic carbocycles. The van der Waals surface area contributed by atoms with Gasteiger partial charge in [-0.2, -0.15) is 0 Å². The van der Waals surface area contributed by atoms with Crippen LogP contribution in [0.2, 0.25) is 0 Å². The van der Waals surface area contributed by atoms with E-state index >= 15 is 0 Å². The molecule has 2 amide bonds. The molecule has 0 bridgehead atoms. The molecule has 2 atom stereocenters. The van der Waals surface area contributed by atoms with Crippen molar-refractivity contribution in [3.05, 3.63) is 29.8 Å². The van der Waals surface area contributed by atoms with Gasteiger partial charge in [0.15, 0.2) is 0 Å². The van der Waals surface area contributed by atoms with Crippen molar-refractivity contribution in [3.8, 4) is 0 Å². The summed E-state index contributed by atoms with van der Waals surface area (Å²) < 4.78 is 0. The van der Waals surface area contributed by atoms with E-state index in [1.165, 1.54) is 0 Å². The summed E-state index contributed by atoms with van der Waals surface area (Å²) >= 11 is 0. The van der Waals surface area contributed by atoms with Gasteiger partial charge >= 0.3 is 6.03 Å². The first-order chi connectivity index (χ1) is 10.6. The summed E-state index contributed by atoms with van der Waals surface area (Å²) in [6, 6.07) is 7.76. The van der Waals surface area contributed by atoms with Crippen LogP contribution >= 0.6 is 0 Å². The lowest BCUT2D eigenvalue weighted by Gasteiger charge is -2.30. The number of nitrogens with zero attached hydrogens (tertiary/aromatic N) is 1. The number of benzene rings is 1. The standard InChI is InChI=1S/C17H27N3O2/c1-20(2)11-13-6-5-8-15(10-13)18-17(22)19-16-9-4-3-7-14(16)12-21/h5-6,8,10,14,16,21H,3-4,7,9,11-12H2,1-2H3,(H2,18,19,22). The Hall–Kier alpha value is -1.59. The fourth-order valence-electron chi connectivity index (χ4n) is 3.06. The molecule has 1 aliphatic carbocycles. The predicted molar refractivity (Wildman–Crippen MR) is 88.8 cm³/mol. The van der Waals surface area contributed by atoms with E-state index in [-0.39, 0.29) is 24.6 Å². The van der Waals surface area contributed by atoms with Gasteiger partial charge < -0.3 is 20.6 Å². The van der Waals surface area contributed by atoms with Gasteiger partial charge in [-0.3, -0.25) is 0 Å². The Balaban J connectivity index is 1.91. The average Bonchev–Trinajstić information content (AvgIpc) is 2.47. The van der Waals surface area contributed by atoms with Gasteiger partial charge in [0, 0.05) is 30.8 Å². The molecule has 0 spiro atoms. The van der Waals surface area contributed by atoms with Crippen LogP contribution in [0.1, 0.15) is 31.2 Å². The van der Waals surface area contributed by atoms with Gasteiger partial charge in [0.05, 0.1) is 0 Å². The fourth-order valence-corrected chi connectivity index (χ4v) is 3.06. The first kappa shape index (κ1) is 16.8. The fraction of sp³-hybridized carbons (Fsp3) is 0.588. The highest BCUT2D eigenvalue weighted by Crippen LogP contribution is 2.24. The number of rotatable bonds is 5. The third-order valence-corrected chi connectivity index (χ3v) is 4.14. The number of carbonyl (C=O) groups excluding carboxylic acids is 1. The van der Waals surface area contributed by atoms with Gasteiger partial charge in [0.1, 0.15) is 0 Å². The number of amides is 2. The SMILES string of the molecule is CN(C)Cc1cccc(NC(=O)NC2CCCCC2CO)c1. The normalized spacial score (nSPS) is 21.6. The molecule has 3 N–H and O–H groups in total. The number of hydrogen-bond donors (Lipinski definition) is 3. The van der Waals surface area contributed by atoms with Crippen molar-refractivity contribution in [2.24, 2.45) is 5.92 Å². The van der Waals surface area contributed by atoms with Crippen molar-refractivity contribution >= 4 is 11.7 Å². The summed E-state index contributed by atoms with van der Waals surface area (Å²) in [5.41, 5.74) is 1.96. The van der Waals surface area contributed by atoms with Gasteiger partial charge in [-0.1, -0.05) is 25.0 Å². The first-order valence-electron chi connectivity index (χ1n) is 8.00. The zero-order valence-electron chi connectivity index (χ0n) is 13.5. The van der Waals surface area contributed by atoms with Gasteiger partial charge in [0.2, 0.25) is 0 Å². The molecule has 22 heavy (non-hydrogen) atoms. The third kappa shape index (κ3) is 5.00. The summed E-state index contributed by atoms with van der Waals surface area (Å²) in [7, 11) is 4.04. The molecule has 1 saturated carbocycles. The highest BCUT2D eigenvalue weighted by Gasteiger charge is 2.25. The second-order valence-corrected chi connectivity index (χ2v) is 6.37. The highest BCUT2D eigenvalue weighted by atomic mass is 16.3. The summed E-state index contributed by atoms with van der Waals surface area (Å²) in [4.78, 5) is 14.3. The Morgan fingerprint density at radius 1 is 1.32 bits per heavy atom. The van der Waals surface area contributed by atoms with E-state index in [0.717, 1.165) is 43.5 Å². The minimum Gasteiger partial charge on any atom is -0.396 e. The zero-order valence-corrected chi connectivity index (χ0v) is 13.5. The van der Waals surface area contributed by atoms with Gasteiger partial charge in [-0.05, 0) is 44.6 Å². The number of aliphatic hydroxyl groups is 1. The Labute approximate surface area is 132 Å². The third-order valence-electron chi connectivity index (χ3n) is 4.14. The topological polar surface area (TPSA) is 64.6 Å². The minimum atomic E-state index is -0.188. The molecule has 122 valence electrons. The van der Waals surface area contributed by atoms with Crippen molar-refractivity contribution in [1.82, 2.24) is 10.2 Å². The lowest BCUT2D eigenvalue weighted by molar-refractivity contribution is 0.156. The van der Waals surface area contributed by atoms with Crippen molar-refractivity contribution < 1.29 is 9.90 Å². The van der Waals surface area contributed by atoms with Crippen LogP contribution in [0, 0.1) is 5.92 Å². The highest BCUT2D eigenvalue weighted by molar-refractivity contribution is 5.89. The quantitative estimate of drug-likeness (QED) is 0.783. The van der Waals surface area contributed by atoms with Crippen molar-refractivity contribution in [2.45, 2.75) is 38.3 Å². The lowest BCUT2D eigenvalue weighted by Crippen LogP contribution is -2.45. The molecule has 1 aliphatic rings. The van der Waals surface area contributed by atoms with Crippen LogP contribution in [-0.2, 0) is 6.54 Å². The second-order valence-electron chi connectivity index (χ2n) is 6.37. The molecule has 5 heteroatoms. The van der Waals surface area contributed by atoms with Crippen LogP contribution in [0.4, 0.5) is 10.5 Å². The number of aliphatic hydroxyl groups excluding tert-OH is 1. The Morgan fingerprint density at radius 3 is 2.82 bits per heavy atom. The van der Waals surface area contributed by atoms with Crippen LogP contribution in [-0.4, -0.2) is 42.8 Å². The summed E-state index contributed by atoms with van der Waals surface area (Å²) in [5, 5.41) is 15.3. The molecule has 0 aliphatic heterocycles. The van der Waals surface area contributed by atoms with E-state index in [1.807, 2.05) is 38.4 Å². The molecule has 0 radical (unpaired) electrons. The van der Waals surface area contributed by atoms with Gasteiger partial charge in [0.25, 0.3) is 0 Å². The van der Waals surface area contributed by atoms with Crippen molar-refractivity contribution in [2.75, 3.05) is 26.0 Å². The predicted octanol–water partition coefficient (Wildman–Crippen LogP) is 2.42. The maximum Gasteiger partial charge on any atom is 0.319 e. The maximum atomic E-state index is 12.2. The number of anilines is 1. The molecule has 0 aromatic heterocycles. The molecule has 1 aromatic rings. The molecule has 1 fully saturated rings. The first-order valence-corrected chi connectivity index (χ1v) is 8.00. The van der Waals surface area contributed by atoms with Crippen LogP contribution in [0.3, 0.4) is 0 Å². The molecule has 0 saturated heterocycles. The summed E-state index contributed by atoms with van der Waals surface area (Å²) in [5.74, 6) is 0.180. The van der Waals surface area contributed by atoms with Crippen LogP contribution in [0.25, 0.3) is 0 Å². The van der Waals surface area contributed by atoms with E-state index in [9.17, 15) is 9.90 Å². The average molecular weight is 305 g/mol. The van der Waals surface area contributed by atoms with Crippen molar-refractivity contribution in [3.63, 3.8) is 0 Å². The molecular weight excluding hydrogens is 278 g/mol. The van der Waals surface area contributed by atoms with E-state index in [1.54, 1.807) is 0 Å². The second kappa shape index (κ2) is 8.15. The van der Waals surface area contributed by atoms with E-state index in [0.29, 0.717) is 0 Å². The van der Waals surface area contributed by atoms with E-state index in [2.05, 4.69) is 15.5 Å². The number of carbonyl (C=O) groups is 1. The van der Waals surface area contributed by atoms with E-state index in [4.69, 9.17) is 0 Å². The summed E-state index contributed by atoms with van der Waals surface area (Å²) in [6.45, 7) is 0.982. The maximum absolute atomic E-state index is 12.2. The van der Waals surface area contributed by atoms with Crippen molar-refractivity contribution in [1.29, 1.82) is 0 Å². The molecule has 5 nitrogen and oxygen atoms in total.